The summed E-state index contributed by atoms with van der Waals surface area (Å²) in [4.78, 5) is 10.9. The Morgan fingerprint density at radius 3 is 2.94 bits per heavy atom. The topological polar surface area (TPSA) is 69.4 Å². The largest absolute Gasteiger partial charge is 0.494 e. The maximum atomic E-state index is 10.9. The number of rotatable bonds is 2. The number of methoxy groups -OCH3 is 1. The van der Waals surface area contributed by atoms with Crippen molar-refractivity contribution in [3.8, 4) is 5.75 Å². The van der Waals surface area contributed by atoms with Crippen LogP contribution in [0.1, 0.15) is 10.4 Å². The minimum Gasteiger partial charge on any atom is -0.494 e. The van der Waals surface area contributed by atoms with Crippen molar-refractivity contribution >= 4 is 23.0 Å². The molecule has 1 aromatic carbocycles. The summed E-state index contributed by atoms with van der Waals surface area (Å²) in [5.41, 5.74) is 2.37. The lowest BCUT2D eigenvalue weighted by molar-refractivity contribution is 0.112. The SMILES string of the molecule is COc1c(C=O)ccc2c1nnc1ccnn12. The van der Waals surface area contributed by atoms with E-state index in [0.29, 0.717) is 22.5 Å². The summed E-state index contributed by atoms with van der Waals surface area (Å²) in [6, 6.07) is 5.21. The van der Waals surface area contributed by atoms with Gasteiger partial charge in [0.15, 0.2) is 23.2 Å². The number of hydrogen-bond acceptors (Lipinski definition) is 5. The Morgan fingerprint density at radius 2 is 2.18 bits per heavy atom. The van der Waals surface area contributed by atoms with Gasteiger partial charge in [-0.2, -0.15) is 5.10 Å². The van der Waals surface area contributed by atoms with E-state index in [9.17, 15) is 4.79 Å². The standard InChI is InChI=1S/C11H8N4O2/c1-17-11-7(6-16)2-3-8-10(11)14-13-9-4-5-12-15(8)9/h2-6H,1H3. The van der Waals surface area contributed by atoms with Crippen LogP contribution in [-0.4, -0.2) is 33.2 Å². The average molecular weight is 228 g/mol. The third-order valence-electron chi connectivity index (χ3n) is 2.58. The minimum absolute atomic E-state index is 0.419. The number of nitrogens with zero attached hydrogens (tertiary/aromatic N) is 4. The first-order chi connectivity index (χ1) is 8.35. The van der Waals surface area contributed by atoms with Crippen LogP contribution < -0.4 is 4.74 Å². The second-order valence-corrected chi connectivity index (χ2v) is 3.47. The summed E-state index contributed by atoms with van der Waals surface area (Å²) in [6.07, 6.45) is 2.37. The summed E-state index contributed by atoms with van der Waals surface area (Å²) in [7, 11) is 1.50. The van der Waals surface area contributed by atoms with Crippen molar-refractivity contribution in [1.82, 2.24) is 19.8 Å². The molecule has 0 aliphatic heterocycles. The van der Waals surface area contributed by atoms with Crippen molar-refractivity contribution < 1.29 is 9.53 Å². The molecule has 0 aliphatic rings. The van der Waals surface area contributed by atoms with Crippen LogP contribution in [0.25, 0.3) is 16.7 Å². The first kappa shape index (κ1) is 9.71. The van der Waals surface area contributed by atoms with Gasteiger partial charge in [-0.1, -0.05) is 0 Å². The molecule has 0 bridgehead atoms. The van der Waals surface area contributed by atoms with Crippen molar-refractivity contribution in [2.24, 2.45) is 0 Å². The van der Waals surface area contributed by atoms with Gasteiger partial charge in [0.05, 0.1) is 24.4 Å². The van der Waals surface area contributed by atoms with E-state index in [1.165, 1.54) is 7.11 Å². The Hall–Kier alpha value is -2.50. The molecule has 0 aliphatic carbocycles. The first-order valence-electron chi connectivity index (χ1n) is 4.97. The summed E-state index contributed by atoms with van der Waals surface area (Å²) in [5, 5.41) is 12.2. The predicted molar refractivity (Wildman–Crippen MR) is 60.2 cm³/mol. The van der Waals surface area contributed by atoms with E-state index in [1.807, 2.05) is 0 Å². The number of aromatic nitrogens is 4. The van der Waals surface area contributed by atoms with Crippen molar-refractivity contribution in [1.29, 1.82) is 0 Å². The molecule has 0 radical (unpaired) electrons. The molecular weight excluding hydrogens is 220 g/mol. The van der Waals surface area contributed by atoms with Crippen LogP contribution in [-0.2, 0) is 0 Å². The van der Waals surface area contributed by atoms with Gasteiger partial charge in [-0.15, -0.1) is 10.2 Å². The Balaban J connectivity index is 2.51. The van der Waals surface area contributed by atoms with Crippen LogP contribution in [0, 0.1) is 0 Å². The van der Waals surface area contributed by atoms with Crippen molar-refractivity contribution in [3.63, 3.8) is 0 Å². The van der Waals surface area contributed by atoms with Gasteiger partial charge in [0.25, 0.3) is 0 Å². The fourth-order valence-corrected chi connectivity index (χ4v) is 1.81. The fraction of sp³-hybridized carbons (Fsp3) is 0.0909. The van der Waals surface area contributed by atoms with Gasteiger partial charge in [-0.3, -0.25) is 4.79 Å². The number of hydrogen-bond donors (Lipinski definition) is 0. The van der Waals surface area contributed by atoms with E-state index in [-0.39, 0.29) is 0 Å². The van der Waals surface area contributed by atoms with E-state index in [1.54, 1.807) is 28.9 Å². The van der Waals surface area contributed by atoms with Crippen LogP contribution in [0.15, 0.2) is 24.4 Å². The lowest BCUT2D eigenvalue weighted by Crippen LogP contribution is -2.00. The smallest absolute Gasteiger partial charge is 0.177 e. The summed E-state index contributed by atoms with van der Waals surface area (Å²) in [5.74, 6) is 0.419. The van der Waals surface area contributed by atoms with E-state index >= 15 is 0 Å². The molecule has 84 valence electrons. The molecule has 0 unspecified atom stereocenters. The molecule has 6 nitrogen and oxygen atoms in total. The zero-order valence-corrected chi connectivity index (χ0v) is 8.99. The predicted octanol–water partition coefficient (Wildman–Crippen LogP) is 1.10. The van der Waals surface area contributed by atoms with Crippen molar-refractivity contribution in [3.05, 3.63) is 30.0 Å². The summed E-state index contributed by atoms with van der Waals surface area (Å²) < 4.78 is 6.85. The zero-order chi connectivity index (χ0) is 11.8. The average Bonchev–Trinajstić information content (AvgIpc) is 2.85. The number of aldehydes is 1. The van der Waals surface area contributed by atoms with E-state index in [0.717, 1.165) is 11.8 Å². The molecule has 3 aromatic rings. The second-order valence-electron chi connectivity index (χ2n) is 3.47. The summed E-state index contributed by atoms with van der Waals surface area (Å²) >= 11 is 0. The highest BCUT2D eigenvalue weighted by atomic mass is 16.5. The van der Waals surface area contributed by atoms with Crippen LogP contribution in [0.3, 0.4) is 0 Å². The molecule has 2 aromatic heterocycles. The molecule has 0 spiro atoms. The van der Waals surface area contributed by atoms with E-state index in [2.05, 4.69) is 15.3 Å². The fourth-order valence-electron chi connectivity index (χ4n) is 1.81. The Kier molecular flexibility index (Phi) is 2.01. The molecule has 6 heteroatoms. The van der Waals surface area contributed by atoms with E-state index in [4.69, 9.17) is 4.74 Å². The second kappa shape index (κ2) is 3.51. The Morgan fingerprint density at radius 1 is 1.29 bits per heavy atom. The third kappa shape index (κ3) is 1.27. The number of benzene rings is 1. The molecule has 0 atom stereocenters. The first-order valence-corrected chi connectivity index (χ1v) is 4.97. The van der Waals surface area contributed by atoms with Crippen LogP contribution in [0.4, 0.5) is 0 Å². The number of ether oxygens (including phenoxy) is 1. The Bertz CT molecular complexity index is 720. The van der Waals surface area contributed by atoms with Crippen LogP contribution >= 0.6 is 0 Å². The molecule has 0 fully saturated rings. The lowest BCUT2D eigenvalue weighted by Gasteiger charge is -2.07. The highest BCUT2D eigenvalue weighted by Crippen LogP contribution is 2.26. The maximum Gasteiger partial charge on any atom is 0.177 e. The summed E-state index contributed by atoms with van der Waals surface area (Å²) in [6.45, 7) is 0. The Labute approximate surface area is 95.8 Å². The minimum atomic E-state index is 0.419. The molecule has 0 amide bonds. The van der Waals surface area contributed by atoms with Crippen LogP contribution in [0.2, 0.25) is 0 Å². The molecule has 2 heterocycles. The number of carbonyl (C=O) groups excluding carboxylic acids is 1. The van der Waals surface area contributed by atoms with Crippen LogP contribution in [0.5, 0.6) is 5.75 Å². The third-order valence-corrected chi connectivity index (χ3v) is 2.58. The number of fused-ring (bicyclic) bond motifs is 3. The van der Waals surface area contributed by atoms with Gasteiger partial charge in [-0.25, -0.2) is 4.52 Å². The zero-order valence-electron chi connectivity index (χ0n) is 8.99. The highest BCUT2D eigenvalue weighted by Gasteiger charge is 2.12. The lowest BCUT2D eigenvalue weighted by atomic mass is 10.2. The number of carbonyl (C=O) groups is 1. The maximum absolute atomic E-state index is 10.9. The molecule has 3 rings (SSSR count). The monoisotopic (exact) mass is 228 g/mol. The quantitative estimate of drug-likeness (QED) is 0.614. The van der Waals surface area contributed by atoms with Gasteiger partial charge < -0.3 is 4.74 Å². The van der Waals surface area contributed by atoms with Gasteiger partial charge in [-0.05, 0) is 12.1 Å². The molecule has 0 saturated carbocycles. The van der Waals surface area contributed by atoms with Gasteiger partial charge in [0.2, 0.25) is 0 Å². The molecular formula is C11H8N4O2. The molecule has 0 N–H and O–H groups in total. The van der Waals surface area contributed by atoms with Gasteiger partial charge in [0.1, 0.15) is 0 Å². The van der Waals surface area contributed by atoms with Gasteiger partial charge in [0, 0.05) is 6.07 Å². The molecule has 0 saturated heterocycles. The van der Waals surface area contributed by atoms with E-state index < -0.39 is 0 Å². The highest BCUT2D eigenvalue weighted by molar-refractivity contribution is 5.92. The normalized spacial score (nSPS) is 10.9. The van der Waals surface area contributed by atoms with Gasteiger partial charge >= 0.3 is 0 Å². The molecule has 17 heavy (non-hydrogen) atoms. The van der Waals surface area contributed by atoms with Crippen molar-refractivity contribution in [2.75, 3.05) is 7.11 Å². The van der Waals surface area contributed by atoms with Crippen molar-refractivity contribution in [2.45, 2.75) is 0 Å².